The van der Waals surface area contributed by atoms with Gasteiger partial charge in [-0.1, -0.05) is 36.8 Å². The Morgan fingerprint density at radius 2 is 1.84 bits per heavy atom. The van der Waals surface area contributed by atoms with Gasteiger partial charge >= 0.3 is 0 Å². The summed E-state index contributed by atoms with van der Waals surface area (Å²) in [4.78, 5) is 22.8. The van der Waals surface area contributed by atoms with Crippen molar-refractivity contribution in [2.75, 3.05) is 36.8 Å². The third-order valence-electron chi connectivity index (χ3n) is 4.88. The number of nitrogens with zero attached hydrogens (tertiary/aromatic N) is 3. The van der Waals surface area contributed by atoms with Crippen molar-refractivity contribution < 1.29 is 9.18 Å². The van der Waals surface area contributed by atoms with Crippen LogP contribution in [-0.2, 0) is 4.79 Å². The molecule has 2 aromatic carbocycles. The van der Waals surface area contributed by atoms with Crippen LogP contribution < -0.4 is 4.90 Å². The molecule has 31 heavy (non-hydrogen) atoms. The number of aryl methyl sites for hydroxylation is 1. The van der Waals surface area contributed by atoms with Gasteiger partial charge in [-0.3, -0.25) is 9.69 Å². The van der Waals surface area contributed by atoms with Crippen molar-refractivity contribution in [3.05, 3.63) is 52.8 Å². The highest BCUT2D eigenvalue weighted by Gasteiger charge is 2.21. The maximum absolute atomic E-state index is 13.2. The molecule has 168 valence electrons. The number of hydrogen-bond acceptors (Lipinski definition) is 5. The van der Waals surface area contributed by atoms with Gasteiger partial charge in [-0.2, -0.15) is 0 Å². The van der Waals surface area contributed by atoms with E-state index in [4.69, 9.17) is 16.6 Å². The first-order valence-electron chi connectivity index (χ1n) is 9.89. The Hall–Kier alpha value is -1.38. The molecule has 0 N–H and O–H groups in total. The number of halogens is 3. The number of likely N-dealkylation sites (N-methyl/N-ethyl adjacent to an activating group) is 1. The molecular weight excluding hydrogens is 476 g/mol. The Labute approximate surface area is 202 Å². The fraction of sp³-hybridized carbons (Fsp3) is 0.364. The number of rotatable bonds is 9. The largest absolute Gasteiger partial charge is 0.302 e. The van der Waals surface area contributed by atoms with Crippen molar-refractivity contribution in [2.24, 2.45) is 0 Å². The molecule has 0 saturated heterocycles. The standard InChI is InChI=1S/C22H25ClFN3OS2.ClH/c1-4-26(5-2)10-11-27(20(28)14-29-18-8-6-17(24)7-9-18)22-25-21-15(3)12-16(23)13-19(21)30-22;/h6-9,12-13H,4-5,10-11,14H2,1-3H3;1H. The van der Waals surface area contributed by atoms with E-state index in [0.717, 1.165) is 40.3 Å². The maximum Gasteiger partial charge on any atom is 0.239 e. The SMILES string of the molecule is CCN(CC)CCN(C(=O)CSc1ccc(F)cc1)c1nc2c(C)cc(Cl)cc2s1.Cl. The van der Waals surface area contributed by atoms with Crippen LogP contribution in [0.5, 0.6) is 0 Å². The van der Waals surface area contributed by atoms with Gasteiger partial charge in [0.1, 0.15) is 5.82 Å². The highest BCUT2D eigenvalue weighted by atomic mass is 35.5. The summed E-state index contributed by atoms with van der Waals surface area (Å²) in [7, 11) is 0. The second-order valence-corrected chi connectivity index (χ2v) is 9.38. The lowest BCUT2D eigenvalue weighted by Gasteiger charge is -2.24. The van der Waals surface area contributed by atoms with E-state index in [2.05, 4.69) is 18.7 Å². The van der Waals surface area contributed by atoms with E-state index in [9.17, 15) is 9.18 Å². The molecular formula is C22H26Cl2FN3OS2. The Balaban J connectivity index is 0.00000341. The van der Waals surface area contributed by atoms with Crippen LogP contribution in [0.4, 0.5) is 9.52 Å². The van der Waals surface area contributed by atoms with Gasteiger partial charge in [-0.15, -0.1) is 24.2 Å². The zero-order chi connectivity index (χ0) is 21.7. The quantitative estimate of drug-likeness (QED) is 0.323. The zero-order valence-corrected chi connectivity index (χ0v) is 20.9. The molecule has 0 saturated carbocycles. The predicted octanol–water partition coefficient (Wildman–Crippen LogP) is 6.29. The van der Waals surface area contributed by atoms with E-state index in [1.165, 1.54) is 35.2 Å². The fourth-order valence-electron chi connectivity index (χ4n) is 3.12. The van der Waals surface area contributed by atoms with Crippen molar-refractivity contribution >= 4 is 68.4 Å². The third kappa shape index (κ3) is 6.80. The Kier molecular flexibility index (Phi) is 10.0. The number of carbonyl (C=O) groups is 1. The highest BCUT2D eigenvalue weighted by Crippen LogP contribution is 2.33. The van der Waals surface area contributed by atoms with Crippen LogP contribution in [-0.4, -0.2) is 47.7 Å². The average molecular weight is 503 g/mol. The summed E-state index contributed by atoms with van der Waals surface area (Å²) in [5, 5.41) is 1.36. The summed E-state index contributed by atoms with van der Waals surface area (Å²) in [6.07, 6.45) is 0. The van der Waals surface area contributed by atoms with Gasteiger partial charge in [-0.05, 0) is 62.0 Å². The first-order chi connectivity index (χ1) is 14.4. The summed E-state index contributed by atoms with van der Waals surface area (Å²) in [5.74, 6) is -0.0335. The number of carbonyl (C=O) groups excluding carboxylic acids is 1. The average Bonchev–Trinajstić information content (AvgIpc) is 3.14. The lowest BCUT2D eigenvalue weighted by Crippen LogP contribution is -2.39. The molecule has 4 nitrogen and oxygen atoms in total. The van der Waals surface area contributed by atoms with Crippen LogP contribution in [0.25, 0.3) is 10.2 Å². The second kappa shape index (κ2) is 12.0. The van der Waals surface area contributed by atoms with Gasteiger partial charge in [0.05, 0.1) is 16.0 Å². The van der Waals surface area contributed by atoms with E-state index in [1.54, 1.807) is 17.0 Å². The van der Waals surface area contributed by atoms with Crippen LogP contribution in [0.1, 0.15) is 19.4 Å². The first-order valence-corrected chi connectivity index (χ1v) is 12.1. The van der Waals surface area contributed by atoms with Crippen LogP contribution in [0.15, 0.2) is 41.3 Å². The van der Waals surface area contributed by atoms with Gasteiger partial charge in [0.2, 0.25) is 5.91 Å². The second-order valence-electron chi connectivity index (χ2n) is 6.88. The van der Waals surface area contributed by atoms with Gasteiger partial charge in [0.15, 0.2) is 5.13 Å². The fourth-order valence-corrected chi connectivity index (χ4v) is 5.36. The van der Waals surface area contributed by atoms with Gasteiger partial charge in [0.25, 0.3) is 0 Å². The number of benzene rings is 2. The molecule has 3 aromatic rings. The minimum Gasteiger partial charge on any atom is -0.302 e. The maximum atomic E-state index is 13.2. The smallest absolute Gasteiger partial charge is 0.239 e. The van der Waals surface area contributed by atoms with Gasteiger partial charge in [0, 0.05) is 23.0 Å². The molecule has 0 radical (unpaired) electrons. The molecule has 0 aliphatic heterocycles. The minimum absolute atomic E-state index is 0. The summed E-state index contributed by atoms with van der Waals surface area (Å²) >= 11 is 9.09. The van der Waals surface area contributed by atoms with Crippen molar-refractivity contribution in [2.45, 2.75) is 25.7 Å². The number of thiazole rings is 1. The third-order valence-corrected chi connectivity index (χ3v) is 7.12. The molecule has 0 spiro atoms. The van der Waals surface area contributed by atoms with Crippen molar-refractivity contribution in [3.63, 3.8) is 0 Å². The highest BCUT2D eigenvalue weighted by molar-refractivity contribution is 8.00. The van der Waals surface area contributed by atoms with E-state index < -0.39 is 0 Å². The molecule has 3 rings (SSSR count). The number of hydrogen-bond donors (Lipinski definition) is 0. The lowest BCUT2D eigenvalue weighted by atomic mass is 10.2. The molecule has 0 atom stereocenters. The lowest BCUT2D eigenvalue weighted by molar-refractivity contribution is -0.116. The summed E-state index contributed by atoms with van der Waals surface area (Å²) < 4.78 is 14.1. The molecule has 0 aliphatic rings. The van der Waals surface area contributed by atoms with Crippen molar-refractivity contribution in [1.82, 2.24) is 9.88 Å². The normalized spacial score (nSPS) is 11.0. The Morgan fingerprint density at radius 1 is 1.16 bits per heavy atom. The van der Waals surface area contributed by atoms with Crippen molar-refractivity contribution in [3.8, 4) is 0 Å². The van der Waals surface area contributed by atoms with Crippen LogP contribution in [0.3, 0.4) is 0 Å². The summed E-state index contributed by atoms with van der Waals surface area (Å²) in [6, 6.07) is 9.98. The molecule has 1 heterocycles. The van der Waals surface area contributed by atoms with Gasteiger partial charge < -0.3 is 4.90 Å². The molecule has 9 heteroatoms. The number of amides is 1. The molecule has 0 unspecified atom stereocenters. The van der Waals surface area contributed by atoms with Gasteiger partial charge in [-0.25, -0.2) is 9.37 Å². The molecule has 0 bridgehead atoms. The zero-order valence-electron chi connectivity index (χ0n) is 17.7. The van der Waals surface area contributed by atoms with Crippen LogP contribution >= 0.6 is 47.1 Å². The topological polar surface area (TPSA) is 36.4 Å². The number of thioether (sulfide) groups is 1. The predicted molar refractivity (Wildman–Crippen MR) is 134 cm³/mol. The molecule has 1 aromatic heterocycles. The van der Waals surface area contributed by atoms with E-state index in [-0.39, 0.29) is 29.9 Å². The number of fused-ring (bicyclic) bond motifs is 1. The number of anilines is 1. The summed E-state index contributed by atoms with van der Waals surface area (Å²) in [6.45, 7) is 9.40. The molecule has 0 aliphatic carbocycles. The Morgan fingerprint density at radius 3 is 2.48 bits per heavy atom. The van der Waals surface area contributed by atoms with E-state index >= 15 is 0 Å². The molecule has 0 fully saturated rings. The Bertz CT molecular complexity index is 1010. The summed E-state index contributed by atoms with van der Waals surface area (Å²) in [5.41, 5.74) is 1.88. The van der Waals surface area contributed by atoms with E-state index in [1.807, 2.05) is 19.1 Å². The van der Waals surface area contributed by atoms with Crippen LogP contribution in [0, 0.1) is 12.7 Å². The van der Waals surface area contributed by atoms with Crippen LogP contribution in [0.2, 0.25) is 5.02 Å². The minimum atomic E-state index is -0.282. The van der Waals surface area contributed by atoms with Crippen molar-refractivity contribution in [1.29, 1.82) is 0 Å². The van der Waals surface area contributed by atoms with E-state index in [0.29, 0.717) is 16.7 Å². The number of aromatic nitrogens is 1. The molecule has 1 amide bonds. The monoisotopic (exact) mass is 501 g/mol. The first kappa shape index (κ1) is 25.9.